The summed E-state index contributed by atoms with van der Waals surface area (Å²) in [6.07, 6.45) is 0. The van der Waals surface area contributed by atoms with Gasteiger partial charge in [-0.25, -0.2) is 0 Å². The maximum absolute atomic E-state index is 11.9. The second-order valence-electron chi connectivity index (χ2n) is 7.58. The van der Waals surface area contributed by atoms with E-state index in [1.165, 1.54) is 0 Å². The van der Waals surface area contributed by atoms with Gasteiger partial charge in [-0.3, -0.25) is 4.79 Å². The predicted molar refractivity (Wildman–Crippen MR) is 128 cm³/mol. The number of rotatable bonds is 0. The number of halogens is 1. The molecule has 0 atom stereocenters. The number of carbonyl (C=O) groups is 1. The molecule has 0 amide bonds. The summed E-state index contributed by atoms with van der Waals surface area (Å²) in [6.45, 7) is 1.86. The third-order valence-corrected chi connectivity index (χ3v) is 5.83. The molecule has 4 aromatic carbocycles. The molecule has 0 spiro atoms. The van der Waals surface area contributed by atoms with Crippen molar-refractivity contribution >= 4 is 28.8 Å². The molecule has 6 rings (SSSR count). The van der Waals surface area contributed by atoms with Crippen LogP contribution in [0.25, 0.3) is 22.3 Å². The quantitative estimate of drug-likeness (QED) is 0.265. The van der Waals surface area contributed by atoms with E-state index in [1.54, 1.807) is 0 Å². The molecule has 4 heteroatoms. The largest absolute Gasteiger partial charge is 2.00 e. The first-order chi connectivity index (χ1) is 14.1. The summed E-state index contributed by atoms with van der Waals surface area (Å²) >= 11 is 0. The standard InChI is InChI=1S/C14H12O.C13H8O.CH3.BrH.Mg/c1-14(15)12-8-4-2-6-10(12)11-7-3-5-9-13(11)14;14-13-11-7-3-1-5-9(11)10-6-2-4-8-12(10)13;;;/h2-9,15H,1H3;1-8H;1H3;1H;/q;;-1;;+2/p-1. The molecule has 0 saturated carbocycles. The Balaban J connectivity index is 0.000000208. The fourth-order valence-corrected chi connectivity index (χ4v) is 4.41. The summed E-state index contributed by atoms with van der Waals surface area (Å²) in [5.74, 6) is 0.149. The minimum absolute atomic E-state index is 0. The molecule has 0 heterocycles. The fourth-order valence-electron chi connectivity index (χ4n) is 4.41. The normalized spacial score (nSPS) is 12.9. The number of fused-ring (bicyclic) bond motifs is 6. The zero-order valence-electron chi connectivity index (χ0n) is 18.2. The Morgan fingerprint density at radius 1 is 0.562 bits per heavy atom. The Bertz CT molecular complexity index is 1170. The van der Waals surface area contributed by atoms with Crippen LogP contribution in [0.2, 0.25) is 0 Å². The van der Waals surface area contributed by atoms with E-state index in [1.807, 2.05) is 91.9 Å². The molecular formula is C28H23BrMgO2. The van der Waals surface area contributed by atoms with Crippen LogP contribution in [0.5, 0.6) is 0 Å². The Morgan fingerprint density at radius 3 is 1.22 bits per heavy atom. The molecule has 0 aliphatic heterocycles. The van der Waals surface area contributed by atoms with Crippen molar-refractivity contribution in [1.29, 1.82) is 0 Å². The minimum Gasteiger partial charge on any atom is -1.00 e. The fraction of sp³-hybridized carbons (Fsp3) is 0.0714. The van der Waals surface area contributed by atoms with E-state index < -0.39 is 5.60 Å². The van der Waals surface area contributed by atoms with Gasteiger partial charge >= 0.3 is 23.1 Å². The van der Waals surface area contributed by atoms with Crippen LogP contribution in [-0.2, 0) is 5.60 Å². The molecule has 4 aromatic rings. The number of benzene rings is 4. The van der Waals surface area contributed by atoms with Crippen molar-refractivity contribution in [2.45, 2.75) is 12.5 Å². The molecule has 0 bridgehead atoms. The number of aliphatic hydroxyl groups is 1. The van der Waals surface area contributed by atoms with Crippen LogP contribution < -0.4 is 17.0 Å². The summed E-state index contributed by atoms with van der Waals surface area (Å²) in [5, 5.41) is 10.5. The van der Waals surface area contributed by atoms with Crippen molar-refractivity contribution in [3.05, 3.63) is 127 Å². The van der Waals surface area contributed by atoms with Gasteiger partial charge < -0.3 is 29.5 Å². The van der Waals surface area contributed by atoms with E-state index in [0.29, 0.717) is 0 Å². The second-order valence-corrected chi connectivity index (χ2v) is 7.58. The van der Waals surface area contributed by atoms with Gasteiger partial charge in [0.2, 0.25) is 0 Å². The van der Waals surface area contributed by atoms with E-state index in [9.17, 15) is 9.90 Å². The predicted octanol–water partition coefficient (Wildman–Crippen LogP) is 2.89. The van der Waals surface area contributed by atoms with Crippen LogP contribution in [-0.4, -0.2) is 33.9 Å². The zero-order valence-corrected chi connectivity index (χ0v) is 21.2. The van der Waals surface area contributed by atoms with E-state index in [-0.39, 0.29) is 53.2 Å². The van der Waals surface area contributed by atoms with Crippen LogP contribution in [0.3, 0.4) is 0 Å². The van der Waals surface area contributed by atoms with Gasteiger partial charge in [-0.2, -0.15) is 0 Å². The van der Waals surface area contributed by atoms with Gasteiger partial charge in [0.1, 0.15) is 5.60 Å². The van der Waals surface area contributed by atoms with Crippen molar-refractivity contribution in [1.82, 2.24) is 0 Å². The SMILES string of the molecule is CC1(O)c2ccccc2-c2ccccc21.O=C1c2ccccc2-c2ccccc21.[Br-].[CH3-].[Mg+2]. The number of carbonyl (C=O) groups excluding carboxylic acids is 1. The summed E-state index contributed by atoms with van der Waals surface area (Å²) in [5.41, 5.74) is 7.25. The third-order valence-electron chi connectivity index (χ3n) is 5.83. The molecule has 0 unspecified atom stereocenters. The monoisotopic (exact) mass is 494 g/mol. The van der Waals surface area contributed by atoms with Gasteiger partial charge in [-0.1, -0.05) is 97.1 Å². The maximum Gasteiger partial charge on any atom is 2.00 e. The minimum atomic E-state index is -0.840. The maximum atomic E-state index is 11.9. The molecule has 156 valence electrons. The van der Waals surface area contributed by atoms with Crippen LogP contribution >= 0.6 is 0 Å². The van der Waals surface area contributed by atoms with E-state index >= 15 is 0 Å². The van der Waals surface area contributed by atoms with Crippen molar-refractivity contribution in [2.75, 3.05) is 0 Å². The Kier molecular flexibility index (Phi) is 8.24. The van der Waals surface area contributed by atoms with Crippen molar-refractivity contribution in [3.63, 3.8) is 0 Å². The van der Waals surface area contributed by atoms with E-state index in [2.05, 4.69) is 12.1 Å². The van der Waals surface area contributed by atoms with Crippen LogP contribution in [0.1, 0.15) is 34.0 Å². The van der Waals surface area contributed by atoms with Crippen molar-refractivity contribution < 1.29 is 26.9 Å². The molecule has 2 nitrogen and oxygen atoms in total. The Hall–Kier alpha value is -2.24. The smallest absolute Gasteiger partial charge is 1.00 e. The van der Waals surface area contributed by atoms with Gasteiger partial charge in [0, 0.05) is 11.1 Å². The molecule has 2 aliphatic rings. The molecule has 0 radical (unpaired) electrons. The topological polar surface area (TPSA) is 37.3 Å². The van der Waals surface area contributed by atoms with Crippen LogP contribution in [0.4, 0.5) is 0 Å². The van der Waals surface area contributed by atoms with Crippen molar-refractivity contribution in [3.8, 4) is 22.3 Å². The summed E-state index contributed by atoms with van der Waals surface area (Å²) in [7, 11) is 0. The number of ketones is 1. The summed E-state index contributed by atoms with van der Waals surface area (Å²) in [6, 6.07) is 31.6. The molecule has 0 saturated heterocycles. The second kappa shape index (κ2) is 10.1. The zero-order chi connectivity index (χ0) is 20.0. The molecular weight excluding hydrogens is 473 g/mol. The molecule has 0 aromatic heterocycles. The van der Waals surface area contributed by atoms with Gasteiger partial charge in [0.25, 0.3) is 0 Å². The van der Waals surface area contributed by atoms with Gasteiger partial charge in [-0.15, -0.1) is 0 Å². The van der Waals surface area contributed by atoms with Gasteiger partial charge in [0.15, 0.2) is 5.78 Å². The summed E-state index contributed by atoms with van der Waals surface area (Å²) in [4.78, 5) is 11.9. The third kappa shape index (κ3) is 4.08. The van der Waals surface area contributed by atoms with Crippen LogP contribution in [0.15, 0.2) is 97.1 Å². The molecule has 1 N–H and O–H groups in total. The average Bonchev–Trinajstić information content (AvgIpc) is 3.19. The first kappa shape index (κ1) is 26.0. The first-order valence-electron chi connectivity index (χ1n) is 9.74. The van der Waals surface area contributed by atoms with Gasteiger partial charge in [0.05, 0.1) is 0 Å². The average molecular weight is 496 g/mol. The van der Waals surface area contributed by atoms with E-state index in [4.69, 9.17) is 0 Å². The Labute approximate surface area is 216 Å². The molecule has 0 fully saturated rings. The summed E-state index contributed by atoms with van der Waals surface area (Å²) < 4.78 is 0. The van der Waals surface area contributed by atoms with Crippen molar-refractivity contribution in [2.24, 2.45) is 0 Å². The molecule has 32 heavy (non-hydrogen) atoms. The van der Waals surface area contributed by atoms with E-state index in [0.717, 1.165) is 44.5 Å². The molecule has 2 aliphatic carbocycles. The van der Waals surface area contributed by atoms with Gasteiger partial charge in [-0.05, 0) is 40.3 Å². The first-order valence-corrected chi connectivity index (χ1v) is 9.74. The van der Waals surface area contributed by atoms with Crippen LogP contribution in [0, 0.1) is 7.43 Å². The Morgan fingerprint density at radius 2 is 0.844 bits per heavy atom. The number of hydrogen-bond donors (Lipinski definition) is 1. The number of hydrogen-bond acceptors (Lipinski definition) is 2.